The van der Waals surface area contributed by atoms with Gasteiger partial charge in [-0.25, -0.2) is 0 Å². The van der Waals surface area contributed by atoms with Gasteiger partial charge in [-0.1, -0.05) is 13.8 Å². The standard InChI is InChI=1S/C8H9NO.C5H10O2/c1-6(10)7-2-4-8(9)5-3-7;1-3-4(2)5(6)7/h2-5H,9H2,1H3;4H,3H2,1-2H3,(H,6,7). The van der Waals surface area contributed by atoms with E-state index in [-0.39, 0.29) is 11.7 Å². The third-order valence-corrected chi connectivity index (χ3v) is 2.35. The molecule has 0 spiro atoms. The second kappa shape index (κ2) is 7.44. The Bertz CT molecular complexity index is 371. The fourth-order valence-corrected chi connectivity index (χ4v) is 0.892. The zero-order valence-electron chi connectivity index (χ0n) is 10.4. The van der Waals surface area contributed by atoms with Crippen molar-refractivity contribution in [2.75, 3.05) is 5.73 Å². The number of ketones is 1. The molecule has 0 heterocycles. The summed E-state index contributed by atoms with van der Waals surface area (Å²) in [6.07, 6.45) is 0.718. The van der Waals surface area contributed by atoms with E-state index in [1.165, 1.54) is 6.92 Å². The molecule has 1 rings (SSSR count). The lowest BCUT2D eigenvalue weighted by atomic mass is 10.1. The highest BCUT2D eigenvalue weighted by Gasteiger charge is 2.05. The van der Waals surface area contributed by atoms with Gasteiger partial charge >= 0.3 is 5.97 Å². The summed E-state index contributed by atoms with van der Waals surface area (Å²) in [7, 11) is 0. The van der Waals surface area contributed by atoms with Crippen molar-refractivity contribution in [3.63, 3.8) is 0 Å². The van der Waals surface area contributed by atoms with E-state index < -0.39 is 5.97 Å². The minimum Gasteiger partial charge on any atom is -0.481 e. The number of nitrogens with two attached hydrogens (primary N) is 1. The molecule has 1 unspecified atom stereocenters. The molecule has 3 N–H and O–H groups in total. The van der Waals surface area contributed by atoms with Gasteiger partial charge in [-0.05, 0) is 37.6 Å². The Hall–Kier alpha value is -1.84. The predicted octanol–water partition coefficient (Wildman–Crippen LogP) is 2.59. The van der Waals surface area contributed by atoms with Crippen LogP contribution < -0.4 is 5.73 Å². The van der Waals surface area contributed by atoms with Crippen LogP contribution in [0.15, 0.2) is 24.3 Å². The van der Waals surface area contributed by atoms with Gasteiger partial charge in [0.25, 0.3) is 0 Å². The van der Waals surface area contributed by atoms with Crippen molar-refractivity contribution in [1.82, 2.24) is 0 Å². The summed E-state index contributed by atoms with van der Waals surface area (Å²) in [5.74, 6) is -0.817. The van der Waals surface area contributed by atoms with Crippen molar-refractivity contribution in [1.29, 1.82) is 0 Å². The van der Waals surface area contributed by atoms with Gasteiger partial charge in [0.1, 0.15) is 0 Å². The molecule has 0 radical (unpaired) electrons. The molecule has 0 aliphatic rings. The highest BCUT2D eigenvalue weighted by atomic mass is 16.4. The second-order valence-corrected chi connectivity index (χ2v) is 3.83. The molecule has 0 aliphatic heterocycles. The molecule has 0 aliphatic carbocycles. The van der Waals surface area contributed by atoms with E-state index in [1.807, 2.05) is 6.92 Å². The predicted molar refractivity (Wildman–Crippen MR) is 67.9 cm³/mol. The van der Waals surface area contributed by atoms with Crippen LogP contribution in [0.25, 0.3) is 0 Å². The summed E-state index contributed by atoms with van der Waals surface area (Å²) in [4.78, 5) is 20.6. The van der Waals surface area contributed by atoms with Crippen LogP contribution in [-0.2, 0) is 4.79 Å². The average molecular weight is 237 g/mol. The highest BCUT2D eigenvalue weighted by Crippen LogP contribution is 2.05. The molecule has 1 aromatic rings. The largest absolute Gasteiger partial charge is 0.481 e. The second-order valence-electron chi connectivity index (χ2n) is 3.83. The van der Waals surface area contributed by atoms with E-state index in [0.717, 1.165) is 6.42 Å². The lowest BCUT2D eigenvalue weighted by Gasteiger charge is -1.96. The van der Waals surface area contributed by atoms with Crippen molar-refractivity contribution in [2.45, 2.75) is 27.2 Å². The highest BCUT2D eigenvalue weighted by molar-refractivity contribution is 5.94. The van der Waals surface area contributed by atoms with E-state index in [1.54, 1.807) is 31.2 Å². The van der Waals surface area contributed by atoms with Gasteiger partial charge in [0.2, 0.25) is 0 Å². The van der Waals surface area contributed by atoms with Crippen LogP contribution in [0, 0.1) is 5.92 Å². The molecule has 17 heavy (non-hydrogen) atoms. The van der Waals surface area contributed by atoms with E-state index in [9.17, 15) is 9.59 Å². The molecule has 94 valence electrons. The van der Waals surface area contributed by atoms with Crippen molar-refractivity contribution >= 4 is 17.4 Å². The quantitative estimate of drug-likeness (QED) is 0.625. The van der Waals surface area contributed by atoms with Gasteiger partial charge < -0.3 is 10.8 Å². The number of anilines is 1. The Balaban J connectivity index is 0.000000325. The van der Waals surface area contributed by atoms with Crippen molar-refractivity contribution in [3.05, 3.63) is 29.8 Å². The van der Waals surface area contributed by atoms with Gasteiger partial charge in [-0.2, -0.15) is 0 Å². The van der Waals surface area contributed by atoms with E-state index in [2.05, 4.69) is 0 Å². The minimum atomic E-state index is -0.706. The van der Waals surface area contributed by atoms with Crippen molar-refractivity contribution < 1.29 is 14.7 Å². The van der Waals surface area contributed by atoms with Gasteiger partial charge in [0.15, 0.2) is 5.78 Å². The maximum atomic E-state index is 10.7. The molecule has 0 amide bonds. The molecule has 0 bridgehead atoms. The number of Topliss-reactive ketones (excluding diaryl/α,β-unsaturated/α-hetero) is 1. The lowest BCUT2D eigenvalue weighted by molar-refractivity contribution is -0.141. The minimum absolute atomic E-state index is 0.0694. The smallest absolute Gasteiger partial charge is 0.306 e. The molecular weight excluding hydrogens is 218 g/mol. The summed E-state index contributed by atoms with van der Waals surface area (Å²) in [5, 5.41) is 8.18. The van der Waals surface area contributed by atoms with E-state index in [0.29, 0.717) is 11.3 Å². The molecule has 0 fully saturated rings. The normalized spacial score (nSPS) is 11.0. The number of aliphatic carboxylic acids is 1. The van der Waals surface area contributed by atoms with Gasteiger partial charge in [-0.15, -0.1) is 0 Å². The first-order chi connectivity index (χ1) is 7.88. The van der Waals surface area contributed by atoms with Gasteiger partial charge in [0.05, 0.1) is 5.92 Å². The third-order valence-electron chi connectivity index (χ3n) is 2.35. The number of carbonyl (C=O) groups is 2. The Morgan fingerprint density at radius 1 is 1.29 bits per heavy atom. The van der Waals surface area contributed by atoms with Crippen LogP contribution in [0.4, 0.5) is 5.69 Å². The zero-order valence-corrected chi connectivity index (χ0v) is 10.4. The topological polar surface area (TPSA) is 80.4 Å². The van der Waals surface area contributed by atoms with Gasteiger partial charge in [-0.3, -0.25) is 9.59 Å². The molecule has 4 heteroatoms. The zero-order chi connectivity index (χ0) is 13.4. The van der Waals surface area contributed by atoms with Crippen LogP contribution in [0.3, 0.4) is 0 Å². The number of hydrogen-bond donors (Lipinski definition) is 2. The van der Waals surface area contributed by atoms with Crippen molar-refractivity contribution in [2.24, 2.45) is 5.92 Å². The number of carbonyl (C=O) groups excluding carboxylic acids is 1. The molecule has 0 aromatic heterocycles. The first-order valence-corrected chi connectivity index (χ1v) is 5.47. The third kappa shape index (κ3) is 6.35. The molecular formula is C13H19NO3. The fraction of sp³-hybridized carbons (Fsp3) is 0.385. The molecule has 1 atom stereocenters. The Labute approximate surface area is 101 Å². The fourth-order valence-electron chi connectivity index (χ4n) is 0.892. The molecule has 1 aromatic carbocycles. The lowest BCUT2D eigenvalue weighted by Crippen LogP contribution is -2.06. The maximum absolute atomic E-state index is 10.7. The number of hydrogen-bond acceptors (Lipinski definition) is 3. The van der Waals surface area contributed by atoms with E-state index >= 15 is 0 Å². The molecule has 4 nitrogen and oxygen atoms in total. The summed E-state index contributed by atoms with van der Waals surface area (Å²) < 4.78 is 0. The first-order valence-electron chi connectivity index (χ1n) is 5.47. The number of carboxylic acids is 1. The summed E-state index contributed by atoms with van der Waals surface area (Å²) in [5.41, 5.74) is 6.80. The number of benzene rings is 1. The molecule has 0 saturated heterocycles. The number of nitrogen functional groups attached to an aromatic ring is 1. The Morgan fingerprint density at radius 2 is 1.76 bits per heavy atom. The van der Waals surface area contributed by atoms with Crippen LogP contribution in [0.5, 0.6) is 0 Å². The average Bonchev–Trinajstić information content (AvgIpc) is 2.29. The Kier molecular flexibility index (Phi) is 6.63. The number of carboxylic acid groups (broad SMARTS) is 1. The monoisotopic (exact) mass is 237 g/mol. The Morgan fingerprint density at radius 3 is 2.00 bits per heavy atom. The number of rotatable bonds is 3. The van der Waals surface area contributed by atoms with E-state index in [4.69, 9.17) is 10.8 Å². The first kappa shape index (κ1) is 15.2. The summed E-state index contributed by atoms with van der Waals surface area (Å²) >= 11 is 0. The summed E-state index contributed by atoms with van der Waals surface area (Å²) in [6.45, 7) is 5.09. The van der Waals surface area contributed by atoms with Crippen LogP contribution >= 0.6 is 0 Å². The SMILES string of the molecule is CC(=O)c1ccc(N)cc1.CCC(C)C(=O)O. The van der Waals surface area contributed by atoms with Crippen LogP contribution in [0.2, 0.25) is 0 Å². The van der Waals surface area contributed by atoms with Crippen LogP contribution in [0.1, 0.15) is 37.6 Å². The van der Waals surface area contributed by atoms with Crippen LogP contribution in [-0.4, -0.2) is 16.9 Å². The maximum Gasteiger partial charge on any atom is 0.306 e. The van der Waals surface area contributed by atoms with Gasteiger partial charge in [0, 0.05) is 11.3 Å². The van der Waals surface area contributed by atoms with Crippen molar-refractivity contribution in [3.8, 4) is 0 Å². The summed E-state index contributed by atoms with van der Waals surface area (Å²) in [6, 6.07) is 6.88. The molecule has 0 saturated carbocycles.